The minimum Gasteiger partial charge on any atom is -0.481 e. The maximum absolute atomic E-state index is 13.6. The smallest absolute Gasteiger partial charge is 0.318 e. The Kier molecular flexibility index (Phi) is 6.14. The Labute approximate surface area is 146 Å². The van der Waals surface area contributed by atoms with Gasteiger partial charge in [-0.25, -0.2) is 9.18 Å². The molecule has 3 amide bonds. The number of carbonyl (C=O) groups excluding carboxylic acids is 2. The first kappa shape index (κ1) is 17.7. The molecule has 0 fully saturated rings. The Morgan fingerprint density at radius 2 is 1.71 bits per heavy atom. The number of anilines is 2. The van der Waals surface area contributed by atoms with Crippen molar-refractivity contribution in [1.29, 1.82) is 0 Å². The van der Waals surface area contributed by atoms with Crippen LogP contribution < -0.4 is 20.7 Å². The van der Waals surface area contributed by atoms with Crippen molar-refractivity contribution in [1.82, 2.24) is 5.32 Å². The van der Waals surface area contributed by atoms with Gasteiger partial charge in [-0.15, -0.1) is 0 Å². The summed E-state index contributed by atoms with van der Waals surface area (Å²) < 4.78 is 19.3. The van der Waals surface area contributed by atoms with Crippen molar-refractivity contribution in [2.24, 2.45) is 0 Å². The number of benzene rings is 2. The summed E-state index contributed by atoms with van der Waals surface area (Å²) in [5.41, 5.74) is 1.11. The molecule has 0 saturated heterocycles. The second-order valence-corrected chi connectivity index (χ2v) is 5.61. The van der Waals surface area contributed by atoms with Crippen LogP contribution in [-0.4, -0.2) is 25.6 Å². The monoisotopic (exact) mass is 395 g/mol. The van der Waals surface area contributed by atoms with Crippen molar-refractivity contribution in [3.05, 3.63) is 52.8 Å². The Hall–Kier alpha value is -2.61. The highest BCUT2D eigenvalue weighted by Crippen LogP contribution is 2.21. The maximum Gasteiger partial charge on any atom is 0.318 e. The molecular weight excluding hydrogens is 381 g/mol. The van der Waals surface area contributed by atoms with Crippen LogP contribution in [0.4, 0.5) is 20.6 Å². The van der Waals surface area contributed by atoms with Gasteiger partial charge in [-0.1, -0.05) is 15.9 Å². The van der Waals surface area contributed by atoms with Gasteiger partial charge in [0.05, 0.1) is 0 Å². The summed E-state index contributed by atoms with van der Waals surface area (Å²) in [6.45, 7) is -0.323. The standard InChI is InChI=1S/C16H15BrFN3O3/c1-19-16(23)21-12-5-3-11(4-6-12)20-15(22)9-24-14-7-2-10(17)8-13(14)18/h2-8H,9H2,1H3,(H,20,22)(H2,19,21,23). The molecule has 0 atom stereocenters. The minimum atomic E-state index is -0.554. The largest absolute Gasteiger partial charge is 0.481 e. The molecule has 126 valence electrons. The van der Waals surface area contributed by atoms with Crippen LogP contribution in [-0.2, 0) is 4.79 Å². The zero-order chi connectivity index (χ0) is 17.5. The van der Waals surface area contributed by atoms with E-state index in [1.807, 2.05) is 0 Å². The van der Waals surface area contributed by atoms with Crippen LogP contribution in [0.2, 0.25) is 0 Å². The van der Waals surface area contributed by atoms with Crippen molar-refractivity contribution >= 4 is 39.2 Å². The molecule has 24 heavy (non-hydrogen) atoms. The molecule has 6 nitrogen and oxygen atoms in total. The van der Waals surface area contributed by atoms with Crippen LogP contribution in [0.15, 0.2) is 46.9 Å². The molecule has 0 aromatic heterocycles. The third kappa shape index (κ3) is 5.24. The summed E-state index contributed by atoms with van der Waals surface area (Å²) in [7, 11) is 1.51. The van der Waals surface area contributed by atoms with Gasteiger partial charge in [0.15, 0.2) is 18.2 Å². The van der Waals surface area contributed by atoms with Gasteiger partial charge >= 0.3 is 6.03 Å². The van der Waals surface area contributed by atoms with Crippen LogP contribution >= 0.6 is 15.9 Å². The number of ether oxygens (including phenoxy) is 1. The Morgan fingerprint density at radius 1 is 1.08 bits per heavy atom. The fourth-order valence-electron chi connectivity index (χ4n) is 1.76. The lowest BCUT2D eigenvalue weighted by Crippen LogP contribution is -2.24. The summed E-state index contributed by atoms with van der Waals surface area (Å²) in [5.74, 6) is -0.982. The molecule has 2 aromatic carbocycles. The molecule has 0 aliphatic heterocycles. The second-order valence-electron chi connectivity index (χ2n) is 4.69. The molecule has 0 aliphatic rings. The zero-order valence-electron chi connectivity index (χ0n) is 12.7. The van der Waals surface area contributed by atoms with Gasteiger partial charge in [0.1, 0.15) is 0 Å². The number of nitrogens with one attached hydrogen (secondary N) is 3. The summed E-state index contributed by atoms with van der Waals surface area (Å²) in [5, 5.41) is 7.64. The molecule has 0 aliphatic carbocycles. The van der Waals surface area contributed by atoms with E-state index in [9.17, 15) is 14.0 Å². The Bertz CT molecular complexity index is 738. The number of carbonyl (C=O) groups is 2. The van der Waals surface area contributed by atoms with Crippen molar-refractivity contribution in [3.8, 4) is 5.75 Å². The number of hydrogen-bond donors (Lipinski definition) is 3. The van der Waals surface area contributed by atoms with Crippen LogP contribution in [0.25, 0.3) is 0 Å². The van der Waals surface area contributed by atoms with Gasteiger partial charge in [0.25, 0.3) is 5.91 Å². The van der Waals surface area contributed by atoms with Gasteiger partial charge in [-0.05, 0) is 42.5 Å². The molecular formula is C16H15BrFN3O3. The minimum absolute atomic E-state index is 0.00141. The van der Waals surface area contributed by atoms with Gasteiger partial charge in [0, 0.05) is 22.9 Å². The molecule has 0 bridgehead atoms. The Balaban J connectivity index is 1.86. The molecule has 0 spiro atoms. The Morgan fingerprint density at radius 3 is 2.29 bits per heavy atom. The zero-order valence-corrected chi connectivity index (χ0v) is 14.3. The molecule has 0 radical (unpaired) electrons. The van der Waals surface area contributed by atoms with Gasteiger partial charge in [-0.3, -0.25) is 4.79 Å². The SMILES string of the molecule is CNC(=O)Nc1ccc(NC(=O)COc2ccc(Br)cc2F)cc1. The van der Waals surface area contributed by atoms with E-state index >= 15 is 0 Å². The lowest BCUT2D eigenvalue weighted by molar-refractivity contribution is -0.118. The number of amides is 3. The molecule has 0 saturated carbocycles. The second kappa shape index (κ2) is 8.30. The van der Waals surface area contributed by atoms with Crippen molar-refractivity contribution in [2.45, 2.75) is 0 Å². The summed E-state index contributed by atoms with van der Waals surface area (Å²) in [6.07, 6.45) is 0. The average molecular weight is 396 g/mol. The first-order chi connectivity index (χ1) is 11.5. The van der Waals surface area contributed by atoms with E-state index in [1.54, 1.807) is 30.3 Å². The first-order valence-corrected chi connectivity index (χ1v) is 7.73. The fourth-order valence-corrected chi connectivity index (χ4v) is 2.10. The van der Waals surface area contributed by atoms with Crippen molar-refractivity contribution in [3.63, 3.8) is 0 Å². The van der Waals surface area contributed by atoms with Crippen molar-refractivity contribution in [2.75, 3.05) is 24.3 Å². The van der Waals surface area contributed by atoms with Crippen LogP contribution in [0.1, 0.15) is 0 Å². The van der Waals surface area contributed by atoms with E-state index in [4.69, 9.17) is 4.74 Å². The quantitative estimate of drug-likeness (QED) is 0.725. The lowest BCUT2D eigenvalue weighted by Gasteiger charge is -2.09. The van der Waals surface area contributed by atoms with E-state index in [1.165, 1.54) is 19.2 Å². The van der Waals surface area contributed by atoms with Gasteiger partial charge in [0.2, 0.25) is 0 Å². The van der Waals surface area contributed by atoms with Crippen LogP contribution in [0.5, 0.6) is 5.75 Å². The maximum atomic E-state index is 13.6. The summed E-state index contributed by atoms with van der Waals surface area (Å²) >= 11 is 3.14. The molecule has 8 heteroatoms. The predicted octanol–water partition coefficient (Wildman–Crippen LogP) is 3.36. The van der Waals surface area contributed by atoms with E-state index in [-0.39, 0.29) is 18.4 Å². The van der Waals surface area contributed by atoms with E-state index in [0.29, 0.717) is 15.8 Å². The molecule has 0 unspecified atom stereocenters. The summed E-state index contributed by atoms with van der Waals surface area (Å²) in [6, 6.07) is 10.5. The van der Waals surface area contributed by atoms with E-state index in [0.717, 1.165) is 0 Å². The number of urea groups is 1. The van der Waals surface area contributed by atoms with E-state index in [2.05, 4.69) is 31.9 Å². The topological polar surface area (TPSA) is 79.5 Å². The number of rotatable bonds is 5. The van der Waals surface area contributed by atoms with E-state index < -0.39 is 11.7 Å². The number of halogens is 2. The molecule has 3 N–H and O–H groups in total. The van der Waals surface area contributed by atoms with Crippen LogP contribution in [0, 0.1) is 5.82 Å². The third-order valence-electron chi connectivity index (χ3n) is 2.91. The summed E-state index contributed by atoms with van der Waals surface area (Å²) in [4.78, 5) is 23.0. The fraction of sp³-hybridized carbons (Fsp3) is 0.125. The average Bonchev–Trinajstić information content (AvgIpc) is 2.55. The highest BCUT2D eigenvalue weighted by molar-refractivity contribution is 9.10. The third-order valence-corrected chi connectivity index (χ3v) is 3.40. The normalized spacial score (nSPS) is 9.96. The van der Waals surface area contributed by atoms with Gasteiger partial charge in [-0.2, -0.15) is 0 Å². The van der Waals surface area contributed by atoms with Crippen LogP contribution in [0.3, 0.4) is 0 Å². The first-order valence-electron chi connectivity index (χ1n) is 6.94. The highest BCUT2D eigenvalue weighted by Gasteiger charge is 2.08. The predicted molar refractivity (Wildman–Crippen MR) is 92.7 cm³/mol. The van der Waals surface area contributed by atoms with Gasteiger partial charge < -0.3 is 20.7 Å². The number of hydrogen-bond acceptors (Lipinski definition) is 3. The van der Waals surface area contributed by atoms with Crippen molar-refractivity contribution < 1.29 is 18.7 Å². The molecule has 0 heterocycles. The molecule has 2 rings (SSSR count). The highest BCUT2D eigenvalue weighted by atomic mass is 79.9. The lowest BCUT2D eigenvalue weighted by atomic mass is 10.3. The molecule has 2 aromatic rings.